The maximum absolute atomic E-state index is 10.4. The van der Waals surface area contributed by atoms with E-state index in [2.05, 4.69) is 0 Å². The number of carboxylic acid groups (broad SMARTS) is 1. The maximum Gasteiger partial charge on any atom is 0.303 e. The number of hydrogen-bond acceptors (Lipinski definition) is 2. The highest BCUT2D eigenvalue weighted by molar-refractivity contribution is 5.68. The standard InChI is InChI=1S/C9H12O3/c10-6-8-4-2-1-3-7(8)5-9(11)12/h7H,1-5H2,(H,11,12). The lowest BCUT2D eigenvalue weighted by atomic mass is 9.83. The van der Waals surface area contributed by atoms with Crippen LogP contribution in [-0.4, -0.2) is 17.0 Å². The molecule has 0 aromatic carbocycles. The van der Waals surface area contributed by atoms with Crippen LogP contribution in [0.4, 0.5) is 0 Å². The minimum Gasteiger partial charge on any atom is -0.481 e. The lowest BCUT2D eigenvalue weighted by Crippen LogP contribution is -2.14. The highest BCUT2D eigenvalue weighted by Gasteiger charge is 2.22. The summed E-state index contributed by atoms with van der Waals surface area (Å²) in [4.78, 5) is 20.8. The van der Waals surface area contributed by atoms with Crippen LogP contribution in [0.3, 0.4) is 0 Å². The molecule has 0 saturated heterocycles. The minimum atomic E-state index is -0.824. The second-order valence-electron chi connectivity index (χ2n) is 3.17. The molecule has 1 atom stereocenters. The molecule has 0 amide bonds. The molecule has 0 spiro atoms. The van der Waals surface area contributed by atoms with Gasteiger partial charge in [-0.05, 0) is 19.3 Å². The lowest BCUT2D eigenvalue weighted by Gasteiger charge is -2.20. The summed E-state index contributed by atoms with van der Waals surface area (Å²) >= 11 is 0. The Morgan fingerprint density at radius 3 is 2.92 bits per heavy atom. The third kappa shape index (κ3) is 2.21. The molecule has 1 rings (SSSR count). The summed E-state index contributed by atoms with van der Waals surface area (Å²) in [5.74, 6) is 0.991. The predicted octanol–water partition coefficient (Wildman–Crippen LogP) is 1.41. The van der Waals surface area contributed by atoms with Gasteiger partial charge in [0.2, 0.25) is 0 Å². The van der Waals surface area contributed by atoms with Crippen LogP contribution in [0.2, 0.25) is 0 Å². The Morgan fingerprint density at radius 1 is 1.58 bits per heavy atom. The van der Waals surface area contributed by atoms with Crippen molar-refractivity contribution in [2.45, 2.75) is 32.1 Å². The molecule has 3 nitrogen and oxygen atoms in total. The molecule has 1 unspecified atom stereocenters. The van der Waals surface area contributed by atoms with Crippen molar-refractivity contribution in [1.82, 2.24) is 0 Å². The summed E-state index contributed by atoms with van der Waals surface area (Å²) in [6, 6.07) is 0. The normalized spacial score (nSPS) is 23.3. The molecular weight excluding hydrogens is 156 g/mol. The average molecular weight is 168 g/mol. The van der Waals surface area contributed by atoms with Crippen molar-refractivity contribution < 1.29 is 14.7 Å². The van der Waals surface area contributed by atoms with Crippen molar-refractivity contribution in [2.75, 3.05) is 0 Å². The lowest BCUT2D eigenvalue weighted by molar-refractivity contribution is -0.137. The number of rotatable bonds is 2. The molecule has 1 aliphatic rings. The number of hydrogen-bond donors (Lipinski definition) is 1. The fourth-order valence-corrected chi connectivity index (χ4v) is 1.65. The molecule has 66 valence electrons. The van der Waals surface area contributed by atoms with Crippen molar-refractivity contribution in [3.63, 3.8) is 0 Å². The zero-order valence-corrected chi connectivity index (χ0v) is 6.88. The Kier molecular flexibility index (Phi) is 3.06. The largest absolute Gasteiger partial charge is 0.481 e. The van der Waals surface area contributed by atoms with Gasteiger partial charge in [-0.1, -0.05) is 6.42 Å². The Morgan fingerprint density at radius 2 is 2.33 bits per heavy atom. The summed E-state index contributed by atoms with van der Waals surface area (Å²) in [6.07, 6.45) is 3.69. The molecule has 3 heteroatoms. The summed E-state index contributed by atoms with van der Waals surface area (Å²) in [5.41, 5.74) is 0.670. The van der Waals surface area contributed by atoms with E-state index in [1.807, 2.05) is 5.94 Å². The van der Waals surface area contributed by atoms with E-state index in [9.17, 15) is 9.59 Å². The Bertz CT molecular complexity index is 226. The van der Waals surface area contributed by atoms with Gasteiger partial charge in [0, 0.05) is 11.5 Å². The summed E-state index contributed by atoms with van der Waals surface area (Å²) in [5, 5.41) is 8.54. The fraction of sp³-hybridized carbons (Fsp3) is 0.667. The van der Waals surface area contributed by atoms with Gasteiger partial charge in [-0.15, -0.1) is 0 Å². The summed E-state index contributed by atoms with van der Waals surface area (Å²) in [7, 11) is 0. The molecule has 1 saturated carbocycles. The van der Waals surface area contributed by atoms with Crippen LogP contribution < -0.4 is 0 Å². The molecule has 1 aliphatic carbocycles. The molecule has 0 radical (unpaired) electrons. The first-order valence-corrected chi connectivity index (χ1v) is 4.19. The Hall–Kier alpha value is -1.08. The third-order valence-corrected chi connectivity index (χ3v) is 2.29. The predicted molar refractivity (Wildman–Crippen MR) is 43.4 cm³/mol. The van der Waals surface area contributed by atoms with Crippen LogP contribution in [-0.2, 0) is 9.59 Å². The average Bonchev–Trinajstić information content (AvgIpc) is 2.04. The first-order valence-electron chi connectivity index (χ1n) is 4.19. The zero-order chi connectivity index (χ0) is 8.97. The molecule has 1 N–H and O–H groups in total. The second kappa shape index (κ2) is 4.07. The van der Waals surface area contributed by atoms with Gasteiger partial charge in [-0.2, -0.15) is 0 Å². The smallest absolute Gasteiger partial charge is 0.303 e. The molecule has 12 heavy (non-hydrogen) atoms. The van der Waals surface area contributed by atoms with Gasteiger partial charge in [0.05, 0.1) is 6.42 Å². The van der Waals surface area contributed by atoms with Gasteiger partial charge in [0.1, 0.15) is 5.94 Å². The SMILES string of the molecule is O=C=C1CCCCC1CC(=O)O. The number of carbonyl (C=O) groups excluding carboxylic acids is 1. The monoisotopic (exact) mass is 168 g/mol. The number of allylic oxidation sites excluding steroid dienone is 1. The van der Waals surface area contributed by atoms with E-state index in [0.29, 0.717) is 5.57 Å². The number of carbonyl (C=O) groups is 1. The van der Waals surface area contributed by atoms with Crippen molar-refractivity contribution in [1.29, 1.82) is 0 Å². The van der Waals surface area contributed by atoms with E-state index >= 15 is 0 Å². The first-order chi connectivity index (χ1) is 5.74. The van der Waals surface area contributed by atoms with Crippen molar-refractivity contribution in [2.24, 2.45) is 5.92 Å². The highest BCUT2D eigenvalue weighted by atomic mass is 16.4. The van der Waals surface area contributed by atoms with Crippen LogP contribution in [0, 0.1) is 5.92 Å². The highest BCUT2D eigenvalue weighted by Crippen LogP contribution is 2.29. The molecular formula is C9H12O3. The topological polar surface area (TPSA) is 54.4 Å². The van der Waals surface area contributed by atoms with Gasteiger partial charge < -0.3 is 5.11 Å². The third-order valence-electron chi connectivity index (χ3n) is 2.29. The molecule has 0 heterocycles. The van der Waals surface area contributed by atoms with Gasteiger partial charge in [0.25, 0.3) is 0 Å². The van der Waals surface area contributed by atoms with Crippen molar-refractivity contribution >= 4 is 11.9 Å². The van der Waals surface area contributed by atoms with Gasteiger partial charge in [-0.3, -0.25) is 4.79 Å². The van der Waals surface area contributed by atoms with E-state index in [4.69, 9.17) is 5.11 Å². The fourth-order valence-electron chi connectivity index (χ4n) is 1.65. The Balaban J connectivity index is 2.59. The minimum absolute atomic E-state index is 0.0475. The van der Waals surface area contributed by atoms with E-state index in [0.717, 1.165) is 25.7 Å². The van der Waals surface area contributed by atoms with Crippen molar-refractivity contribution in [3.05, 3.63) is 5.57 Å². The number of aliphatic carboxylic acids is 1. The van der Waals surface area contributed by atoms with Crippen LogP contribution >= 0.6 is 0 Å². The zero-order valence-electron chi connectivity index (χ0n) is 6.88. The molecule has 0 aromatic rings. The Labute approximate surface area is 71.1 Å². The van der Waals surface area contributed by atoms with E-state index in [1.54, 1.807) is 0 Å². The first kappa shape index (κ1) is 9.01. The maximum atomic E-state index is 10.4. The van der Waals surface area contributed by atoms with E-state index in [1.165, 1.54) is 0 Å². The van der Waals surface area contributed by atoms with Gasteiger partial charge in [0.15, 0.2) is 0 Å². The van der Waals surface area contributed by atoms with E-state index in [-0.39, 0.29) is 12.3 Å². The molecule has 0 aromatic heterocycles. The summed E-state index contributed by atoms with van der Waals surface area (Å²) in [6.45, 7) is 0. The van der Waals surface area contributed by atoms with Gasteiger partial charge in [-0.25, -0.2) is 4.79 Å². The van der Waals surface area contributed by atoms with Crippen LogP contribution in [0.1, 0.15) is 32.1 Å². The quantitative estimate of drug-likeness (QED) is 0.634. The molecule has 0 aliphatic heterocycles. The van der Waals surface area contributed by atoms with Gasteiger partial charge >= 0.3 is 5.97 Å². The van der Waals surface area contributed by atoms with Crippen molar-refractivity contribution in [3.8, 4) is 0 Å². The van der Waals surface area contributed by atoms with Crippen LogP contribution in [0.15, 0.2) is 5.57 Å². The molecule has 0 bridgehead atoms. The summed E-state index contributed by atoms with van der Waals surface area (Å²) < 4.78 is 0. The van der Waals surface area contributed by atoms with Crippen LogP contribution in [0.5, 0.6) is 0 Å². The van der Waals surface area contributed by atoms with E-state index < -0.39 is 5.97 Å². The number of carboxylic acids is 1. The van der Waals surface area contributed by atoms with Crippen LogP contribution in [0.25, 0.3) is 0 Å². The second-order valence-corrected chi connectivity index (χ2v) is 3.17. The molecule has 1 fully saturated rings.